The van der Waals surface area contributed by atoms with Gasteiger partial charge in [-0.15, -0.1) is 0 Å². The Morgan fingerprint density at radius 1 is 1.00 bits per heavy atom. The fourth-order valence-electron chi connectivity index (χ4n) is 1.77. The Bertz CT molecular complexity index is 155. The second-order valence-corrected chi connectivity index (χ2v) is 4.77. The summed E-state index contributed by atoms with van der Waals surface area (Å²) in [5.74, 6) is 0. The Morgan fingerprint density at radius 3 is 1.88 bits per heavy atom. The van der Waals surface area contributed by atoms with Gasteiger partial charge in [0.25, 0.3) is 0 Å². The van der Waals surface area contributed by atoms with E-state index in [0.717, 1.165) is 6.54 Å². The second-order valence-electron chi connectivity index (χ2n) is 4.77. The summed E-state index contributed by atoms with van der Waals surface area (Å²) in [6, 6.07) is 0. The van der Waals surface area contributed by atoms with Gasteiger partial charge in [-0.2, -0.15) is 0 Å². The molecule has 0 spiro atoms. The van der Waals surface area contributed by atoms with Crippen molar-refractivity contribution in [2.24, 2.45) is 0 Å². The molecule has 0 aromatic heterocycles. The van der Waals surface area contributed by atoms with Gasteiger partial charge in [0.15, 0.2) is 0 Å². The van der Waals surface area contributed by atoms with Crippen molar-refractivity contribution in [2.75, 3.05) is 13.1 Å². The van der Waals surface area contributed by atoms with Crippen LogP contribution in [0.1, 0.15) is 72.1 Å². The van der Waals surface area contributed by atoms with Crippen molar-refractivity contribution in [2.45, 2.75) is 72.1 Å². The third-order valence-electron chi connectivity index (χ3n) is 3.00. The van der Waals surface area contributed by atoms with Crippen molar-refractivity contribution in [3.63, 3.8) is 0 Å². The minimum absolute atomic E-state index is 1.08. The van der Waals surface area contributed by atoms with Crippen LogP contribution in [0.15, 0.2) is 11.6 Å². The Morgan fingerprint density at radius 2 is 1.56 bits per heavy atom. The fraction of sp³-hybridized carbons (Fsp3) is 0.867. The molecule has 0 aromatic rings. The van der Waals surface area contributed by atoms with Crippen LogP contribution in [0.2, 0.25) is 0 Å². The zero-order chi connectivity index (χ0) is 12.1. The van der Waals surface area contributed by atoms with E-state index in [9.17, 15) is 0 Å². The second kappa shape index (κ2) is 12.8. The highest BCUT2D eigenvalue weighted by Crippen LogP contribution is 2.05. The molecule has 0 aromatic carbocycles. The summed E-state index contributed by atoms with van der Waals surface area (Å²) in [6.45, 7) is 8.95. The number of nitrogens with one attached hydrogen (secondary N) is 1. The molecule has 0 amide bonds. The molecule has 1 heteroatoms. The molecule has 0 bridgehead atoms. The minimum Gasteiger partial charge on any atom is -0.313 e. The number of rotatable bonds is 6. The highest BCUT2D eigenvalue weighted by molar-refractivity contribution is 5.02. The van der Waals surface area contributed by atoms with Gasteiger partial charge in [0.1, 0.15) is 0 Å². The third-order valence-corrected chi connectivity index (χ3v) is 3.00. The van der Waals surface area contributed by atoms with Crippen molar-refractivity contribution >= 4 is 0 Å². The lowest BCUT2D eigenvalue weighted by Crippen LogP contribution is -2.19. The largest absolute Gasteiger partial charge is 0.313 e. The molecule has 0 fully saturated rings. The van der Waals surface area contributed by atoms with Gasteiger partial charge < -0.3 is 5.32 Å². The Kier molecular flexibility index (Phi) is 12.5. The first-order chi connectivity index (χ1) is 7.81. The Hall–Kier alpha value is -0.300. The van der Waals surface area contributed by atoms with E-state index in [1.165, 1.54) is 63.5 Å². The first kappa shape index (κ1) is 15.7. The summed E-state index contributed by atoms with van der Waals surface area (Å²) in [7, 11) is 0. The average molecular weight is 225 g/mol. The van der Waals surface area contributed by atoms with Crippen LogP contribution in [0, 0.1) is 0 Å². The third kappa shape index (κ3) is 11.8. The predicted molar refractivity (Wildman–Crippen MR) is 74.9 cm³/mol. The summed E-state index contributed by atoms with van der Waals surface area (Å²) in [5.41, 5.74) is 1.53. The molecule has 1 aliphatic heterocycles. The molecule has 0 aliphatic carbocycles. The van der Waals surface area contributed by atoms with E-state index in [2.05, 4.69) is 32.2 Å². The molecule has 0 saturated carbocycles. The molecule has 1 nitrogen and oxygen atoms in total. The van der Waals surface area contributed by atoms with Gasteiger partial charge in [-0.3, -0.25) is 0 Å². The van der Waals surface area contributed by atoms with Crippen molar-refractivity contribution in [3.8, 4) is 0 Å². The molecular weight excluding hydrogens is 194 g/mol. The van der Waals surface area contributed by atoms with E-state index in [-0.39, 0.29) is 0 Å². The summed E-state index contributed by atoms with van der Waals surface area (Å²) in [6.07, 6.45) is 13.4. The molecule has 0 radical (unpaired) electrons. The van der Waals surface area contributed by atoms with Crippen LogP contribution in [-0.4, -0.2) is 13.1 Å². The van der Waals surface area contributed by atoms with Crippen molar-refractivity contribution in [1.29, 1.82) is 0 Å². The smallest absolute Gasteiger partial charge is 0.0137 e. The van der Waals surface area contributed by atoms with Gasteiger partial charge in [0.05, 0.1) is 0 Å². The number of hydrogen-bond donors (Lipinski definition) is 1. The van der Waals surface area contributed by atoms with Gasteiger partial charge in [-0.1, -0.05) is 70.4 Å². The van der Waals surface area contributed by atoms with Gasteiger partial charge in [-0.25, -0.2) is 0 Å². The molecular formula is C15H31N. The average Bonchev–Trinajstić information content (AvgIpc) is 2.31. The van der Waals surface area contributed by atoms with E-state index in [1.54, 1.807) is 0 Å². The van der Waals surface area contributed by atoms with Gasteiger partial charge in [-0.05, 0) is 19.9 Å². The van der Waals surface area contributed by atoms with Crippen LogP contribution in [0.4, 0.5) is 0 Å². The van der Waals surface area contributed by atoms with E-state index < -0.39 is 0 Å². The zero-order valence-electron chi connectivity index (χ0n) is 11.6. The van der Waals surface area contributed by atoms with Gasteiger partial charge in [0, 0.05) is 6.54 Å². The van der Waals surface area contributed by atoms with Crippen molar-refractivity contribution in [1.82, 2.24) is 5.32 Å². The SMILES string of the molecule is CC1=CCNCC1.CCCCCCCCC. The van der Waals surface area contributed by atoms with Crippen molar-refractivity contribution < 1.29 is 0 Å². The number of unbranched alkanes of at least 4 members (excludes halogenated alkanes) is 6. The minimum atomic E-state index is 1.08. The maximum Gasteiger partial charge on any atom is 0.0137 e. The molecule has 0 atom stereocenters. The topological polar surface area (TPSA) is 12.0 Å². The van der Waals surface area contributed by atoms with Crippen LogP contribution < -0.4 is 5.32 Å². The van der Waals surface area contributed by atoms with Crippen LogP contribution in [0.3, 0.4) is 0 Å². The molecule has 96 valence electrons. The van der Waals surface area contributed by atoms with Crippen LogP contribution in [-0.2, 0) is 0 Å². The Balaban J connectivity index is 0.000000288. The van der Waals surface area contributed by atoms with Crippen LogP contribution >= 0.6 is 0 Å². The summed E-state index contributed by atoms with van der Waals surface area (Å²) >= 11 is 0. The molecule has 1 rings (SSSR count). The lowest BCUT2D eigenvalue weighted by atomic mass is 10.1. The summed E-state index contributed by atoms with van der Waals surface area (Å²) in [5, 5.41) is 3.24. The first-order valence-corrected chi connectivity index (χ1v) is 7.17. The Labute approximate surface area is 103 Å². The van der Waals surface area contributed by atoms with Gasteiger partial charge >= 0.3 is 0 Å². The van der Waals surface area contributed by atoms with E-state index in [0.29, 0.717) is 0 Å². The molecule has 0 unspecified atom stereocenters. The molecule has 1 aliphatic rings. The fourth-order valence-corrected chi connectivity index (χ4v) is 1.77. The lowest BCUT2D eigenvalue weighted by molar-refractivity contribution is 0.602. The molecule has 16 heavy (non-hydrogen) atoms. The predicted octanol–water partition coefficient (Wildman–Crippen LogP) is 4.68. The standard InChI is InChI=1S/C9H20.C6H11N/c1-3-5-7-9-8-6-4-2;1-6-2-4-7-5-3-6/h3-9H2,1-2H3;2,7H,3-5H2,1H3. The van der Waals surface area contributed by atoms with Gasteiger partial charge in [0.2, 0.25) is 0 Å². The maximum absolute atomic E-state index is 3.24. The number of hydrogen-bond acceptors (Lipinski definition) is 1. The van der Waals surface area contributed by atoms with Crippen LogP contribution in [0.5, 0.6) is 0 Å². The molecule has 1 N–H and O–H groups in total. The maximum atomic E-state index is 3.24. The lowest BCUT2D eigenvalue weighted by Gasteiger charge is -2.08. The van der Waals surface area contributed by atoms with E-state index in [1.807, 2.05) is 0 Å². The highest BCUT2D eigenvalue weighted by atomic mass is 14.8. The summed E-state index contributed by atoms with van der Waals surface area (Å²) in [4.78, 5) is 0. The van der Waals surface area contributed by atoms with E-state index >= 15 is 0 Å². The first-order valence-electron chi connectivity index (χ1n) is 7.17. The van der Waals surface area contributed by atoms with E-state index in [4.69, 9.17) is 0 Å². The monoisotopic (exact) mass is 225 g/mol. The van der Waals surface area contributed by atoms with Crippen LogP contribution in [0.25, 0.3) is 0 Å². The zero-order valence-corrected chi connectivity index (χ0v) is 11.6. The highest BCUT2D eigenvalue weighted by Gasteiger charge is 1.93. The normalized spacial score (nSPS) is 15.1. The molecule has 1 heterocycles. The molecule has 0 saturated heterocycles. The quantitative estimate of drug-likeness (QED) is 0.511. The van der Waals surface area contributed by atoms with Crippen molar-refractivity contribution in [3.05, 3.63) is 11.6 Å². The summed E-state index contributed by atoms with van der Waals surface area (Å²) < 4.78 is 0.